The van der Waals surface area contributed by atoms with Gasteiger partial charge in [-0.15, -0.1) is 5.10 Å². The predicted molar refractivity (Wildman–Crippen MR) is 103 cm³/mol. The summed E-state index contributed by atoms with van der Waals surface area (Å²) in [7, 11) is 0. The summed E-state index contributed by atoms with van der Waals surface area (Å²) in [5.74, 6) is 1.86. The monoisotopic (exact) mass is 371 g/mol. The zero-order valence-electron chi connectivity index (χ0n) is 16.4. The quantitative estimate of drug-likeness (QED) is 0.834. The maximum absolute atomic E-state index is 12.5. The second-order valence-corrected chi connectivity index (χ2v) is 9.46. The van der Waals surface area contributed by atoms with Crippen molar-refractivity contribution in [1.82, 2.24) is 25.2 Å². The van der Waals surface area contributed by atoms with E-state index in [4.69, 9.17) is 0 Å². The Labute approximate surface area is 162 Å². The first-order chi connectivity index (χ1) is 13.2. The lowest BCUT2D eigenvalue weighted by atomic mass is 9.75. The lowest BCUT2D eigenvalue weighted by molar-refractivity contribution is -0.133. The molecule has 1 aromatic rings. The molecule has 5 aliphatic rings. The predicted octanol–water partition coefficient (Wildman–Crippen LogP) is 2.39. The zero-order chi connectivity index (χ0) is 18.2. The molecule has 0 spiro atoms. The van der Waals surface area contributed by atoms with Crippen LogP contribution >= 0.6 is 0 Å². The Balaban J connectivity index is 1.16. The Hall–Kier alpha value is -1.43. The fraction of sp³-hybridized carbons (Fsp3) is 0.857. The Kier molecular flexibility index (Phi) is 4.92. The topological polar surface area (TPSA) is 63.1 Å². The molecule has 1 N–H and O–H groups in total. The fourth-order valence-corrected chi connectivity index (χ4v) is 5.59. The normalized spacial score (nSPS) is 33.9. The number of nitrogens with one attached hydrogen (secondary N) is 1. The van der Waals surface area contributed by atoms with Crippen molar-refractivity contribution in [3.63, 3.8) is 0 Å². The smallest absolute Gasteiger partial charge is 0.224 e. The van der Waals surface area contributed by atoms with Gasteiger partial charge in [0.1, 0.15) is 0 Å². The van der Waals surface area contributed by atoms with Crippen LogP contribution in [0.1, 0.15) is 63.5 Å². The van der Waals surface area contributed by atoms with Gasteiger partial charge in [0.05, 0.1) is 18.2 Å². The molecule has 27 heavy (non-hydrogen) atoms. The fourth-order valence-electron chi connectivity index (χ4n) is 5.59. The summed E-state index contributed by atoms with van der Waals surface area (Å²) in [6, 6.07) is 0.986. The molecule has 5 fully saturated rings. The second kappa shape index (κ2) is 7.53. The second-order valence-electron chi connectivity index (χ2n) is 9.46. The van der Waals surface area contributed by atoms with Gasteiger partial charge in [-0.25, -0.2) is 0 Å². The van der Waals surface area contributed by atoms with Crippen LogP contribution in [0.25, 0.3) is 0 Å². The summed E-state index contributed by atoms with van der Waals surface area (Å²) in [6.07, 6.45) is 14.8. The highest BCUT2D eigenvalue weighted by atomic mass is 16.2. The lowest BCUT2D eigenvalue weighted by Gasteiger charge is -2.49. The Bertz CT molecular complexity index is 663. The molecule has 3 aliphatic heterocycles. The van der Waals surface area contributed by atoms with Crippen LogP contribution in [0, 0.1) is 17.8 Å². The van der Waals surface area contributed by atoms with E-state index in [0.717, 1.165) is 38.4 Å². The van der Waals surface area contributed by atoms with Gasteiger partial charge >= 0.3 is 0 Å². The van der Waals surface area contributed by atoms with Crippen LogP contribution in [0.15, 0.2) is 6.20 Å². The van der Waals surface area contributed by atoms with Crippen LogP contribution in [-0.4, -0.2) is 51.0 Å². The summed E-state index contributed by atoms with van der Waals surface area (Å²) in [6.45, 7) is 2.98. The average Bonchev–Trinajstić information content (AvgIpc) is 3.41. The van der Waals surface area contributed by atoms with Crippen LogP contribution in [-0.2, 0) is 17.8 Å². The molecular formula is C21H33N5O. The van der Waals surface area contributed by atoms with Crippen LogP contribution in [0.3, 0.4) is 0 Å². The Morgan fingerprint density at radius 2 is 2.00 bits per heavy atom. The molecule has 0 radical (unpaired) electrons. The molecule has 4 heterocycles. The van der Waals surface area contributed by atoms with E-state index in [9.17, 15) is 4.79 Å². The molecule has 2 bridgehead atoms. The minimum atomic E-state index is 0.202. The number of hydrogen-bond acceptors (Lipinski definition) is 4. The summed E-state index contributed by atoms with van der Waals surface area (Å²) in [5, 5.41) is 12.1. The van der Waals surface area contributed by atoms with Crippen molar-refractivity contribution in [3.05, 3.63) is 11.9 Å². The maximum atomic E-state index is 12.5. The molecule has 1 amide bonds. The van der Waals surface area contributed by atoms with Crippen LogP contribution in [0.4, 0.5) is 0 Å². The number of aromatic nitrogens is 3. The van der Waals surface area contributed by atoms with Crippen molar-refractivity contribution in [1.29, 1.82) is 0 Å². The Morgan fingerprint density at radius 1 is 1.15 bits per heavy atom. The van der Waals surface area contributed by atoms with Crippen molar-refractivity contribution in [2.75, 3.05) is 13.1 Å². The van der Waals surface area contributed by atoms with Gasteiger partial charge in [-0.05, 0) is 50.5 Å². The minimum absolute atomic E-state index is 0.202. The number of amides is 1. The number of carbonyl (C=O) groups is 1. The van der Waals surface area contributed by atoms with Gasteiger partial charge in [-0.1, -0.05) is 37.3 Å². The van der Waals surface area contributed by atoms with Crippen LogP contribution in [0.2, 0.25) is 0 Å². The van der Waals surface area contributed by atoms with Crippen LogP contribution < -0.4 is 5.32 Å². The number of carbonyl (C=O) groups excluding carboxylic acids is 1. The summed E-state index contributed by atoms with van der Waals surface area (Å²) in [5.41, 5.74) is 1.17. The lowest BCUT2D eigenvalue weighted by Crippen LogP contribution is -2.58. The van der Waals surface area contributed by atoms with Crippen molar-refractivity contribution in [2.45, 2.75) is 82.8 Å². The third-order valence-electron chi connectivity index (χ3n) is 7.35. The van der Waals surface area contributed by atoms with E-state index >= 15 is 0 Å². The van der Waals surface area contributed by atoms with E-state index in [2.05, 4.69) is 31.4 Å². The molecule has 2 aliphatic carbocycles. The molecule has 4 atom stereocenters. The standard InChI is InChI=1S/C21H33N5O/c27-21(22-17-6-7-17)20-14-25-9-8-16(20)11-19(25)13-26-12-18(23-24-26)10-15-4-2-1-3-5-15/h12,15-17,19-20H,1-11,13-14H2,(H,22,27). The minimum Gasteiger partial charge on any atom is -0.353 e. The third kappa shape index (κ3) is 4.05. The summed E-state index contributed by atoms with van der Waals surface area (Å²) >= 11 is 0. The van der Waals surface area contributed by atoms with Crippen molar-refractivity contribution < 1.29 is 4.79 Å². The maximum Gasteiger partial charge on any atom is 0.224 e. The molecule has 148 valence electrons. The molecule has 6 nitrogen and oxygen atoms in total. The number of piperidine rings is 3. The van der Waals surface area contributed by atoms with E-state index in [1.165, 1.54) is 57.1 Å². The van der Waals surface area contributed by atoms with Gasteiger partial charge in [-0.2, -0.15) is 0 Å². The van der Waals surface area contributed by atoms with E-state index in [-0.39, 0.29) is 5.92 Å². The highest BCUT2D eigenvalue weighted by Gasteiger charge is 2.44. The summed E-state index contributed by atoms with van der Waals surface area (Å²) < 4.78 is 2.06. The number of hydrogen-bond donors (Lipinski definition) is 1. The van der Waals surface area contributed by atoms with Gasteiger partial charge < -0.3 is 5.32 Å². The zero-order valence-corrected chi connectivity index (χ0v) is 16.4. The van der Waals surface area contributed by atoms with Gasteiger partial charge in [0.15, 0.2) is 0 Å². The molecule has 6 heteroatoms. The number of rotatable bonds is 6. The molecule has 6 rings (SSSR count). The van der Waals surface area contributed by atoms with Gasteiger partial charge in [-0.3, -0.25) is 14.4 Å². The van der Waals surface area contributed by atoms with Crippen molar-refractivity contribution >= 4 is 5.91 Å². The van der Waals surface area contributed by atoms with E-state index in [0.29, 0.717) is 23.9 Å². The van der Waals surface area contributed by atoms with E-state index in [1.54, 1.807) is 0 Å². The first-order valence-corrected chi connectivity index (χ1v) is 11.2. The van der Waals surface area contributed by atoms with E-state index in [1.807, 2.05) is 0 Å². The average molecular weight is 372 g/mol. The molecular weight excluding hydrogens is 338 g/mol. The van der Waals surface area contributed by atoms with Crippen molar-refractivity contribution in [2.24, 2.45) is 17.8 Å². The number of nitrogens with zero attached hydrogens (tertiary/aromatic N) is 4. The van der Waals surface area contributed by atoms with Crippen LogP contribution in [0.5, 0.6) is 0 Å². The highest BCUT2D eigenvalue weighted by Crippen LogP contribution is 2.37. The van der Waals surface area contributed by atoms with Gasteiger partial charge in [0, 0.05) is 24.8 Å². The molecule has 2 saturated carbocycles. The van der Waals surface area contributed by atoms with Gasteiger partial charge in [0.25, 0.3) is 0 Å². The first kappa shape index (κ1) is 17.7. The molecule has 4 unspecified atom stereocenters. The number of fused-ring (bicyclic) bond motifs is 3. The molecule has 0 aromatic carbocycles. The Morgan fingerprint density at radius 3 is 2.74 bits per heavy atom. The largest absolute Gasteiger partial charge is 0.353 e. The summed E-state index contributed by atoms with van der Waals surface area (Å²) in [4.78, 5) is 15.1. The SMILES string of the molecule is O=C(NC1CC1)C1CN2CCC1CC2Cn1cc(CC2CCCCC2)nn1. The van der Waals surface area contributed by atoms with E-state index < -0.39 is 0 Å². The molecule has 3 saturated heterocycles. The first-order valence-electron chi connectivity index (χ1n) is 11.2. The highest BCUT2D eigenvalue weighted by molar-refractivity contribution is 5.80. The third-order valence-corrected chi connectivity index (χ3v) is 7.35. The molecule has 1 aromatic heterocycles. The van der Waals surface area contributed by atoms with Crippen molar-refractivity contribution in [3.8, 4) is 0 Å². The van der Waals surface area contributed by atoms with Gasteiger partial charge in [0.2, 0.25) is 5.91 Å².